The standard InChI is InChI=1S/C12H23F3N2O3S/c1-9(2)20-6-5-17-7-10(12(13,14)15)11(8-17)21(18,19)16(3)4/h9-11H,5-8H2,1-4H3/t10-,11-/m1/s1. The predicted molar refractivity (Wildman–Crippen MR) is 73.5 cm³/mol. The molecule has 0 bridgehead atoms. The lowest BCUT2D eigenvalue weighted by atomic mass is 10.1. The van der Waals surface area contributed by atoms with Gasteiger partial charge in [0.15, 0.2) is 0 Å². The van der Waals surface area contributed by atoms with Crippen molar-refractivity contribution in [1.29, 1.82) is 0 Å². The van der Waals surface area contributed by atoms with E-state index >= 15 is 0 Å². The lowest BCUT2D eigenvalue weighted by molar-refractivity contribution is -0.169. The van der Waals surface area contributed by atoms with E-state index in [1.54, 1.807) is 0 Å². The van der Waals surface area contributed by atoms with Crippen molar-refractivity contribution in [3.8, 4) is 0 Å². The molecule has 9 heteroatoms. The van der Waals surface area contributed by atoms with Gasteiger partial charge in [0, 0.05) is 33.7 Å². The summed E-state index contributed by atoms with van der Waals surface area (Å²) in [5.41, 5.74) is 0. The van der Waals surface area contributed by atoms with Gasteiger partial charge in [0.25, 0.3) is 0 Å². The van der Waals surface area contributed by atoms with Crippen LogP contribution in [0.25, 0.3) is 0 Å². The molecule has 1 aliphatic rings. The minimum atomic E-state index is -4.53. The topological polar surface area (TPSA) is 49.9 Å². The third-order valence-corrected chi connectivity index (χ3v) is 5.77. The monoisotopic (exact) mass is 332 g/mol. The molecule has 0 amide bonds. The first-order valence-electron chi connectivity index (χ1n) is 6.78. The highest BCUT2D eigenvalue weighted by Crippen LogP contribution is 2.37. The summed E-state index contributed by atoms with van der Waals surface area (Å²) in [4.78, 5) is 1.51. The molecule has 126 valence electrons. The Kier molecular flexibility index (Phi) is 6.05. The molecule has 0 aromatic heterocycles. The second-order valence-electron chi connectivity index (χ2n) is 5.69. The molecular weight excluding hydrogens is 309 g/mol. The molecule has 0 N–H and O–H groups in total. The lowest BCUT2D eigenvalue weighted by Gasteiger charge is -2.24. The van der Waals surface area contributed by atoms with Gasteiger partial charge in [-0.2, -0.15) is 13.2 Å². The van der Waals surface area contributed by atoms with Crippen molar-refractivity contribution in [2.45, 2.75) is 31.4 Å². The number of hydrogen-bond donors (Lipinski definition) is 0. The smallest absolute Gasteiger partial charge is 0.377 e. The van der Waals surface area contributed by atoms with Crippen LogP contribution >= 0.6 is 0 Å². The summed E-state index contributed by atoms with van der Waals surface area (Å²) in [7, 11) is -1.44. The van der Waals surface area contributed by atoms with Gasteiger partial charge < -0.3 is 4.74 Å². The van der Waals surface area contributed by atoms with Crippen LogP contribution in [-0.4, -0.2) is 75.5 Å². The Morgan fingerprint density at radius 1 is 1.29 bits per heavy atom. The SMILES string of the molecule is CC(C)OCCN1C[C@@H](C(F)(F)F)[C@H](S(=O)(=O)N(C)C)C1. The van der Waals surface area contributed by atoms with Crippen molar-refractivity contribution < 1.29 is 26.3 Å². The molecule has 1 saturated heterocycles. The summed E-state index contributed by atoms with van der Waals surface area (Å²) in [5, 5.41) is -1.45. The average molecular weight is 332 g/mol. The van der Waals surface area contributed by atoms with E-state index in [1.807, 2.05) is 13.8 Å². The van der Waals surface area contributed by atoms with E-state index in [0.717, 1.165) is 4.31 Å². The molecule has 0 unspecified atom stereocenters. The highest BCUT2D eigenvalue weighted by molar-refractivity contribution is 7.89. The van der Waals surface area contributed by atoms with Crippen molar-refractivity contribution >= 4 is 10.0 Å². The van der Waals surface area contributed by atoms with Crippen LogP contribution in [0.3, 0.4) is 0 Å². The molecule has 5 nitrogen and oxygen atoms in total. The predicted octanol–water partition coefficient (Wildman–Crippen LogP) is 1.17. The minimum absolute atomic E-state index is 0.00711. The quantitative estimate of drug-likeness (QED) is 0.733. The number of rotatable bonds is 6. The summed E-state index contributed by atoms with van der Waals surface area (Å²) < 4.78 is 69.6. The zero-order valence-electron chi connectivity index (χ0n) is 12.7. The molecule has 1 heterocycles. The maximum absolute atomic E-state index is 13.1. The normalized spacial score (nSPS) is 25.2. The van der Waals surface area contributed by atoms with Gasteiger partial charge in [-0.3, -0.25) is 4.90 Å². The van der Waals surface area contributed by atoms with E-state index < -0.39 is 27.4 Å². The molecule has 1 fully saturated rings. The Morgan fingerprint density at radius 3 is 2.29 bits per heavy atom. The molecule has 1 aliphatic heterocycles. The summed E-state index contributed by atoms with van der Waals surface area (Å²) in [5.74, 6) is -1.86. The van der Waals surface area contributed by atoms with Gasteiger partial charge in [-0.25, -0.2) is 12.7 Å². The largest absolute Gasteiger partial charge is 0.394 e. The summed E-state index contributed by atoms with van der Waals surface area (Å²) in [6.45, 7) is 3.83. The van der Waals surface area contributed by atoms with Crippen LogP contribution in [0.4, 0.5) is 13.2 Å². The molecule has 0 aromatic rings. The van der Waals surface area contributed by atoms with Crippen LogP contribution in [0.1, 0.15) is 13.8 Å². The van der Waals surface area contributed by atoms with Crippen LogP contribution in [0.5, 0.6) is 0 Å². The molecule has 0 saturated carbocycles. The fourth-order valence-electron chi connectivity index (χ4n) is 2.34. The van der Waals surface area contributed by atoms with Crippen LogP contribution in [0.2, 0.25) is 0 Å². The van der Waals surface area contributed by atoms with Crippen molar-refractivity contribution in [3.63, 3.8) is 0 Å². The highest BCUT2D eigenvalue weighted by Gasteiger charge is 2.54. The van der Waals surface area contributed by atoms with Gasteiger partial charge >= 0.3 is 6.18 Å². The van der Waals surface area contributed by atoms with Gasteiger partial charge in [0.2, 0.25) is 10.0 Å². The number of hydrogen-bond acceptors (Lipinski definition) is 4. The number of likely N-dealkylation sites (tertiary alicyclic amines) is 1. The zero-order chi connectivity index (χ0) is 16.4. The van der Waals surface area contributed by atoms with Crippen LogP contribution < -0.4 is 0 Å². The molecular formula is C12H23F3N2O3S. The summed E-state index contributed by atoms with van der Waals surface area (Å²) >= 11 is 0. The lowest BCUT2D eigenvalue weighted by Crippen LogP contribution is -2.43. The highest BCUT2D eigenvalue weighted by atomic mass is 32.2. The van der Waals surface area contributed by atoms with Crippen LogP contribution in [0, 0.1) is 5.92 Å². The van der Waals surface area contributed by atoms with Crippen molar-refractivity contribution in [2.24, 2.45) is 5.92 Å². The van der Waals surface area contributed by atoms with Crippen molar-refractivity contribution in [1.82, 2.24) is 9.21 Å². The molecule has 0 radical (unpaired) electrons. The van der Waals surface area contributed by atoms with Gasteiger partial charge in [-0.1, -0.05) is 0 Å². The second kappa shape index (κ2) is 6.80. The Morgan fingerprint density at radius 2 is 1.86 bits per heavy atom. The fourth-order valence-corrected chi connectivity index (χ4v) is 3.94. The Bertz CT molecular complexity index is 438. The number of ether oxygens (including phenoxy) is 1. The van der Waals surface area contributed by atoms with E-state index in [1.165, 1.54) is 19.0 Å². The maximum Gasteiger partial charge on any atom is 0.394 e. The molecule has 0 aliphatic carbocycles. The fraction of sp³-hybridized carbons (Fsp3) is 1.00. The molecule has 2 atom stereocenters. The van der Waals surface area contributed by atoms with Crippen LogP contribution in [-0.2, 0) is 14.8 Å². The number of nitrogens with zero attached hydrogens (tertiary/aromatic N) is 2. The third kappa shape index (κ3) is 4.80. The van der Waals surface area contributed by atoms with E-state index in [-0.39, 0.29) is 25.8 Å². The first-order valence-corrected chi connectivity index (χ1v) is 8.28. The van der Waals surface area contributed by atoms with E-state index in [0.29, 0.717) is 6.54 Å². The van der Waals surface area contributed by atoms with Crippen LogP contribution in [0.15, 0.2) is 0 Å². The second-order valence-corrected chi connectivity index (χ2v) is 8.06. The van der Waals surface area contributed by atoms with Crippen molar-refractivity contribution in [3.05, 3.63) is 0 Å². The van der Waals surface area contributed by atoms with E-state index in [4.69, 9.17) is 4.74 Å². The average Bonchev–Trinajstić information content (AvgIpc) is 2.72. The Labute approximate surface area is 124 Å². The van der Waals surface area contributed by atoms with E-state index in [2.05, 4.69) is 0 Å². The zero-order valence-corrected chi connectivity index (χ0v) is 13.5. The maximum atomic E-state index is 13.1. The first-order chi connectivity index (χ1) is 9.46. The molecule has 0 spiro atoms. The van der Waals surface area contributed by atoms with Gasteiger partial charge in [0.05, 0.1) is 18.6 Å². The molecule has 1 rings (SSSR count). The number of sulfonamides is 1. The Balaban J connectivity index is 2.81. The van der Waals surface area contributed by atoms with E-state index in [9.17, 15) is 21.6 Å². The first kappa shape index (κ1) is 18.7. The summed E-state index contributed by atoms with van der Waals surface area (Å²) in [6, 6.07) is 0. The molecule has 21 heavy (non-hydrogen) atoms. The molecule has 0 aromatic carbocycles. The van der Waals surface area contributed by atoms with Crippen molar-refractivity contribution in [2.75, 3.05) is 40.3 Å². The minimum Gasteiger partial charge on any atom is -0.377 e. The third-order valence-electron chi connectivity index (χ3n) is 3.51. The van der Waals surface area contributed by atoms with Gasteiger partial charge in [-0.05, 0) is 13.8 Å². The van der Waals surface area contributed by atoms with Gasteiger partial charge in [-0.15, -0.1) is 0 Å². The summed E-state index contributed by atoms with van der Waals surface area (Å²) in [6.07, 6.45) is -4.53. The number of alkyl halides is 3. The Hall–Kier alpha value is -0.380. The van der Waals surface area contributed by atoms with Gasteiger partial charge in [0.1, 0.15) is 5.25 Å². The number of halogens is 3.